The molecule has 0 spiro atoms. The Morgan fingerprint density at radius 2 is 2.14 bits per heavy atom. The van der Waals surface area contributed by atoms with E-state index < -0.39 is 5.91 Å². The number of nitrogens with two attached hydrogens (primary N) is 1. The molecule has 0 unspecified atom stereocenters. The van der Waals surface area contributed by atoms with Crippen LogP contribution < -0.4 is 11.2 Å². The number of nitrogens with zero attached hydrogens (tertiary/aromatic N) is 2. The molecule has 1 aromatic carbocycles. The molecule has 0 bridgehead atoms. The summed E-state index contributed by atoms with van der Waals surface area (Å²) in [5.41, 5.74) is 8.67. The van der Waals surface area contributed by atoms with Crippen LogP contribution in [-0.2, 0) is 0 Å². The zero-order valence-electron chi connectivity index (χ0n) is 11.1. The van der Waals surface area contributed by atoms with Crippen LogP contribution in [0.15, 0.2) is 20.1 Å². The molecule has 0 saturated carbocycles. The van der Waals surface area contributed by atoms with Gasteiger partial charge in [0, 0.05) is 5.56 Å². The Kier molecular flexibility index (Phi) is 5.04. The number of phenolic OH excluding ortho intramolecular Hbond substituents is 2. The number of phenols is 2. The SMILES string of the molecule is Cc1nc(N)sc1C(=O)N/N=C/c1cc(Br)c(O)c(Br)c1O. The van der Waals surface area contributed by atoms with Gasteiger partial charge in [-0.3, -0.25) is 4.79 Å². The lowest BCUT2D eigenvalue weighted by atomic mass is 10.2. The molecule has 1 aromatic heterocycles. The molecule has 22 heavy (non-hydrogen) atoms. The van der Waals surface area contributed by atoms with Crippen LogP contribution in [0.1, 0.15) is 20.9 Å². The summed E-state index contributed by atoms with van der Waals surface area (Å²) in [5, 5.41) is 23.6. The number of carbonyl (C=O) groups excluding carboxylic acids is 1. The molecule has 0 aliphatic heterocycles. The molecule has 116 valence electrons. The number of nitrogens with one attached hydrogen (secondary N) is 1. The maximum absolute atomic E-state index is 11.9. The van der Waals surface area contributed by atoms with Gasteiger partial charge in [0.15, 0.2) is 5.13 Å². The molecule has 2 aromatic rings. The van der Waals surface area contributed by atoms with E-state index in [0.717, 1.165) is 11.3 Å². The minimum Gasteiger partial charge on any atom is -0.506 e. The number of rotatable bonds is 3. The van der Waals surface area contributed by atoms with Crippen LogP contribution in [0.3, 0.4) is 0 Å². The standard InChI is InChI=1S/C12H10Br2N4O3S/c1-4-10(22-12(15)17-4)11(21)18-16-3-5-2-6(13)9(20)7(14)8(5)19/h2-3,19-20H,1H3,(H2,15,17)(H,18,21)/b16-3+. The molecule has 0 fully saturated rings. The van der Waals surface area contributed by atoms with Crippen molar-refractivity contribution in [1.29, 1.82) is 0 Å². The summed E-state index contributed by atoms with van der Waals surface area (Å²) < 4.78 is 0.497. The van der Waals surface area contributed by atoms with Crippen molar-refractivity contribution >= 4 is 60.5 Å². The number of aromatic hydroxyl groups is 2. The van der Waals surface area contributed by atoms with Crippen LogP contribution in [0.4, 0.5) is 5.13 Å². The van der Waals surface area contributed by atoms with E-state index in [1.54, 1.807) is 6.92 Å². The number of carbonyl (C=O) groups is 1. The van der Waals surface area contributed by atoms with Gasteiger partial charge < -0.3 is 15.9 Å². The lowest BCUT2D eigenvalue weighted by Crippen LogP contribution is -2.17. The number of hydrazone groups is 1. The second kappa shape index (κ2) is 6.63. The number of hydrogen-bond acceptors (Lipinski definition) is 7. The van der Waals surface area contributed by atoms with E-state index in [1.807, 2.05) is 0 Å². The molecular formula is C12H10Br2N4O3S. The molecule has 2 rings (SSSR count). The molecule has 0 aliphatic rings. The third-order valence-corrected chi connectivity index (χ3v) is 4.93. The number of aromatic nitrogens is 1. The van der Waals surface area contributed by atoms with Gasteiger partial charge in [0.1, 0.15) is 20.8 Å². The van der Waals surface area contributed by atoms with Gasteiger partial charge in [-0.1, -0.05) is 11.3 Å². The summed E-state index contributed by atoms with van der Waals surface area (Å²) in [7, 11) is 0. The van der Waals surface area contributed by atoms with Gasteiger partial charge in [-0.05, 0) is 44.8 Å². The summed E-state index contributed by atoms with van der Waals surface area (Å²) >= 11 is 7.25. The van der Waals surface area contributed by atoms with Crippen molar-refractivity contribution in [2.75, 3.05) is 5.73 Å². The highest BCUT2D eigenvalue weighted by molar-refractivity contribution is 9.11. The topological polar surface area (TPSA) is 121 Å². The highest BCUT2D eigenvalue weighted by Crippen LogP contribution is 2.40. The van der Waals surface area contributed by atoms with E-state index >= 15 is 0 Å². The molecule has 0 aliphatic carbocycles. The van der Waals surface area contributed by atoms with Crippen molar-refractivity contribution in [3.8, 4) is 11.5 Å². The van der Waals surface area contributed by atoms with Gasteiger partial charge in [-0.25, -0.2) is 10.4 Å². The third-order valence-electron chi connectivity index (χ3n) is 2.59. The van der Waals surface area contributed by atoms with Crippen molar-refractivity contribution in [1.82, 2.24) is 10.4 Å². The number of benzene rings is 1. The average molecular weight is 450 g/mol. The molecule has 5 N–H and O–H groups in total. The molecule has 10 heteroatoms. The lowest BCUT2D eigenvalue weighted by Gasteiger charge is -2.06. The number of nitrogen functional groups attached to an aromatic ring is 1. The average Bonchev–Trinajstić information content (AvgIpc) is 2.80. The summed E-state index contributed by atoms with van der Waals surface area (Å²) in [6.07, 6.45) is 1.25. The molecule has 7 nitrogen and oxygen atoms in total. The van der Waals surface area contributed by atoms with Gasteiger partial charge in [-0.15, -0.1) is 0 Å². The highest BCUT2D eigenvalue weighted by Gasteiger charge is 2.14. The minimum atomic E-state index is -0.445. The van der Waals surface area contributed by atoms with E-state index in [2.05, 4.69) is 47.4 Å². The fraction of sp³-hybridized carbons (Fsp3) is 0.0833. The predicted octanol–water partition coefficient (Wildman–Crippen LogP) is 2.73. The minimum absolute atomic E-state index is 0.126. The number of halogens is 2. The Hall–Kier alpha value is -1.65. The Morgan fingerprint density at radius 3 is 2.73 bits per heavy atom. The Labute approximate surface area is 146 Å². The Balaban J connectivity index is 2.17. The predicted molar refractivity (Wildman–Crippen MR) is 91.5 cm³/mol. The molecule has 1 amide bonds. The zero-order valence-corrected chi connectivity index (χ0v) is 15.1. The van der Waals surface area contributed by atoms with Crippen molar-refractivity contribution in [2.45, 2.75) is 6.92 Å². The maximum atomic E-state index is 11.9. The number of amides is 1. The van der Waals surface area contributed by atoms with Gasteiger partial charge in [0.25, 0.3) is 5.91 Å². The second-order valence-electron chi connectivity index (χ2n) is 4.12. The first-order chi connectivity index (χ1) is 10.3. The summed E-state index contributed by atoms with van der Waals surface area (Å²) in [6.45, 7) is 1.67. The lowest BCUT2D eigenvalue weighted by molar-refractivity contribution is 0.0958. The van der Waals surface area contributed by atoms with Crippen LogP contribution in [0, 0.1) is 6.92 Å². The van der Waals surface area contributed by atoms with Crippen molar-refractivity contribution in [3.05, 3.63) is 31.1 Å². The first kappa shape index (κ1) is 16.7. The Bertz CT molecular complexity index is 776. The summed E-state index contributed by atoms with van der Waals surface area (Å²) in [6, 6.07) is 1.46. The maximum Gasteiger partial charge on any atom is 0.283 e. The molecule has 0 atom stereocenters. The van der Waals surface area contributed by atoms with Crippen molar-refractivity contribution in [3.63, 3.8) is 0 Å². The molecule has 1 heterocycles. The monoisotopic (exact) mass is 448 g/mol. The van der Waals surface area contributed by atoms with Gasteiger partial charge in [0.2, 0.25) is 0 Å². The second-order valence-corrected chi connectivity index (χ2v) is 6.80. The van der Waals surface area contributed by atoms with Crippen LogP contribution >= 0.6 is 43.2 Å². The zero-order chi connectivity index (χ0) is 16.4. The number of hydrogen-bond donors (Lipinski definition) is 4. The third kappa shape index (κ3) is 3.39. The quantitative estimate of drug-likeness (QED) is 0.424. The van der Waals surface area contributed by atoms with E-state index in [1.165, 1.54) is 12.3 Å². The van der Waals surface area contributed by atoms with Crippen LogP contribution in [-0.4, -0.2) is 27.3 Å². The van der Waals surface area contributed by atoms with E-state index in [0.29, 0.717) is 25.7 Å². The van der Waals surface area contributed by atoms with E-state index in [9.17, 15) is 15.0 Å². The molecular weight excluding hydrogens is 440 g/mol. The van der Waals surface area contributed by atoms with Crippen LogP contribution in [0.25, 0.3) is 0 Å². The van der Waals surface area contributed by atoms with E-state index in [-0.39, 0.29) is 16.0 Å². The first-order valence-corrected chi connectivity index (χ1v) is 8.17. The number of aryl methyl sites for hydroxylation is 1. The summed E-state index contributed by atoms with van der Waals surface area (Å²) in [5.74, 6) is -0.772. The molecule has 0 radical (unpaired) electrons. The smallest absolute Gasteiger partial charge is 0.283 e. The van der Waals surface area contributed by atoms with Gasteiger partial charge in [0.05, 0.1) is 16.4 Å². The van der Waals surface area contributed by atoms with Gasteiger partial charge >= 0.3 is 0 Å². The normalized spacial score (nSPS) is 11.0. The Morgan fingerprint density at radius 1 is 1.45 bits per heavy atom. The highest BCUT2D eigenvalue weighted by atomic mass is 79.9. The largest absolute Gasteiger partial charge is 0.506 e. The molecule has 0 saturated heterocycles. The van der Waals surface area contributed by atoms with Crippen molar-refractivity contribution in [2.24, 2.45) is 5.10 Å². The van der Waals surface area contributed by atoms with E-state index in [4.69, 9.17) is 5.73 Å². The summed E-state index contributed by atoms with van der Waals surface area (Å²) in [4.78, 5) is 16.2. The number of anilines is 1. The van der Waals surface area contributed by atoms with Gasteiger partial charge in [-0.2, -0.15) is 5.10 Å². The van der Waals surface area contributed by atoms with Crippen LogP contribution in [0.2, 0.25) is 0 Å². The van der Waals surface area contributed by atoms with Crippen molar-refractivity contribution < 1.29 is 15.0 Å². The first-order valence-electron chi connectivity index (χ1n) is 5.77. The fourth-order valence-electron chi connectivity index (χ4n) is 1.55. The fourth-order valence-corrected chi connectivity index (χ4v) is 3.43. The number of thiazole rings is 1. The van der Waals surface area contributed by atoms with Crippen LogP contribution in [0.5, 0.6) is 11.5 Å².